The normalized spacial score (nSPS) is 19.3. The zero-order valence-electron chi connectivity index (χ0n) is 9.78. The number of para-hydroxylation sites is 1. The van der Waals surface area contributed by atoms with Gasteiger partial charge in [-0.3, -0.25) is 4.79 Å². The van der Waals surface area contributed by atoms with E-state index in [1.54, 1.807) is 0 Å². The average Bonchev–Trinajstić information content (AvgIpc) is 2.79. The maximum atomic E-state index is 12.0. The van der Waals surface area contributed by atoms with Crippen LogP contribution in [0, 0.1) is 5.92 Å². The standard InChI is InChI=1S/C13H16ClNO2/c1-9(6-14)7-15-13(16)11-8-17-12-5-3-2-4-10(11)12/h2-5,9,11H,6-8H2,1H3,(H,15,16). The van der Waals surface area contributed by atoms with Crippen molar-refractivity contribution < 1.29 is 9.53 Å². The molecule has 0 aliphatic carbocycles. The number of hydrogen-bond donors (Lipinski definition) is 1. The first-order chi connectivity index (χ1) is 8.22. The number of hydrogen-bond acceptors (Lipinski definition) is 2. The summed E-state index contributed by atoms with van der Waals surface area (Å²) in [5, 5.41) is 2.91. The van der Waals surface area contributed by atoms with E-state index in [0.29, 0.717) is 19.0 Å². The summed E-state index contributed by atoms with van der Waals surface area (Å²) in [6.07, 6.45) is 0. The van der Waals surface area contributed by atoms with Gasteiger partial charge in [0.05, 0.1) is 0 Å². The number of fused-ring (bicyclic) bond motifs is 1. The van der Waals surface area contributed by atoms with E-state index < -0.39 is 0 Å². The third kappa shape index (κ3) is 2.72. The van der Waals surface area contributed by atoms with Crippen LogP contribution in [0.1, 0.15) is 18.4 Å². The Morgan fingerprint density at radius 2 is 2.35 bits per heavy atom. The number of amides is 1. The Kier molecular flexibility index (Phi) is 3.89. The van der Waals surface area contributed by atoms with Crippen LogP contribution >= 0.6 is 11.6 Å². The molecule has 2 rings (SSSR count). The van der Waals surface area contributed by atoms with E-state index >= 15 is 0 Å². The van der Waals surface area contributed by atoms with Crippen molar-refractivity contribution in [2.75, 3.05) is 19.0 Å². The van der Waals surface area contributed by atoms with Gasteiger partial charge in [0.1, 0.15) is 18.3 Å². The maximum absolute atomic E-state index is 12.0. The highest BCUT2D eigenvalue weighted by atomic mass is 35.5. The summed E-state index contributed by atoms with van der Waals surface area (Å²) in [6, 6.07) is 7.67. The summed E-state index contributed by atoms with van der Waals surface area (Å²) >= 11 is 5.70. The fourth-order valence-corrected chi connectivity index (χ4v) is 1.94. The monoisotopic (exact) mass is 253 g/mol. The fraction of sp³-hybridized carbons (Fsp3) is 0.462. The smallest absolute Gasteiger partial charge is 0.231 e. The first-order valence-electron chi connectivity index (χ1n) is 5.77. The number of benzene rings is 1. The van der Waals surface area contributed by atoms with Crippen molar-refractivity contribution in [3.63, 3.8) is 0 Å². The highest BCUT2D eigenvalue weighted by molar-refractivity contribution is 6.18. The Hall–Kier alpha value is -1.22. The second kappa shape index (κ2) is 5.41. The van der Waals surface area contributed by atoms with Gasteiger partial charge in [0, 0.05) is 18.0 Å². The van der Waals surface area contributed by atoms with Crippen LogP contribution in [0.2, 0.25) is 0 Å². The molecule has 1 aromatic rings. The molecule has 1 heterocycles. The van der Waals surface area contributed by atoms with E-state index in [1.165, 1.54) is 0 Å². The number of nitrogens with one attached hydrogen (secondary N) is 1. The summed E-state index contributed by atoms with van der Waals surface area (Å²) < 4.78 is 5.48. The molecule has 2 unspecified atom stereocenters. The molecule has 1 aliphatic rings. The van der Waals surface area contributed by atoms with E-state index in [0.717, 1.165) is 11.3 Å². The Morgan fingerprint density at radius 3 is 3.12 bits per heavy atom. The van der Waals surface area contributed by atoms with Crippen LogP contribution in [0.15, 0.2) is 24.3 Å². The molecule has 1 amide bonds. The average molecular weight is 254 g/mol. The molecule has 3 nitrogen and oxygen atoms in total. The van der Waals surface area contributed by atoms with Gasteiger partial charge in [-0.05, 0) is 12.0 Å². The molecular weight excluding hydrogens is 238 g/mol. The number of rotatable bonds is 4. The van der Waals surface area contributed by atoms with Crippen LogP contribution in [0.25, 0.3) is 0 Å². The minimum absolute atomic E-state index is 0.0203. The third-order valence-corrected chi connectivity index (χ3v) is 3.43. The topological polar surface area (TPSA) is 38.3 Å². The molecule has 4 heteroatoms. The first kappa shape index (κ1) is 12.2. The predicted octanol–water partition coefficient (Wildman–Crippen LogP) is 2.15. The van der Waals surface area contributed by atoms with Gasteiger partial charge in [0.25, 0.3) is 0 Å². The van der Waals surface area contributed by atoms with Crippen LogP contribution in [0.4, 0.5) is 0 Å². The van der Waals surface area contributed by atoms with Gasteiger partial charge in [-0.1, -0.05) is 25.1 Å². The fourth-order valence-electron chi connectivity index (χ4n) is 1.83. The van der Waals surface area contributed by atoms with Crippen LogP contribution in [0.3, 0.4) is 0 Å². The summed E-state index contributed by atoms with van der Waals surface area (Å²) in [6.45, 7) is 3.05. The number of alkyl halides is 1. The van der Waals surface area contributed by atoms with Crippen molar-refractivity contribution >= 4 is 17.5 Å². The lowest BCUT2D eigenvalue weighted by molar-refractivity contribution is -0.122. The van der Waals surface area contributed by atoms with E-state index in [9.17, 15) is 4.79 Å². The Morgan fingerprint density at radius 1 is 1.59 bits per heavy atom. The van der Waals surface area contributed by atoms with Crippen LogP contribution < -0.4 is 10.1 Å². The van der Waals surface area contributed by atoms with Gasteiger partial charge in [-0.15, -0.1) is 11.6 Å². The molecule has 92 valence electrons. The quantitative estimate of drug-likeness (QED) is 0.835. The predicted molar refractivity (Wildman–Crippen MR) is 67.6 cm³/mol. The summed E-state index contributed by atoms with van der Waals surface area (Å²) in [4.78, 5) is 12.0. The first-order valence-corrected chi connectivity index (χ1v) is 6.31. The molecule has 0 saturated carbocycles. The van der Waals surface area contributed by atoms with Crippen molar-refractivity contribution in [2.45, 2.75) is 12.8 Å². The molecule has 0 aromatic heterocycles. The summed E-state index contributed by atoms with van der Waals surface area (Å²) in [5.74, 6) is 1.50. The minimum Gasteiger partial charge on any atom is -0.492 e. The molecule has 0 fully saturated rings. The van der Waals surface area contributed by atoms with Gasteiger partial charge >= 0.3 is 0 Å². The number of halogens is 1. The van der Waals surface area contributed by atoms with Gasteiger partial charge in [0.15, 0.2) is 0 Å². The highest BCUT2D eigenvalue weighted by Gasteiger charge is 2.29. The molecule has 1 N–H and O–H groups in total. The van der Waals surface area contributed by atoms with E-state index in [-0.39, 0.29) is 17.7 Å². The largest absolute Gasteiger partial charge is 0.492 e. The van der Waals surface area contributed by atoms with Gasteiger partial charge in [-0.25, -0.2) is 0 Å². The summed E-state index contributed by atoms with van der Waals surface area (Å²) in [5.41, 5.74) is 0.975. The second-order valence-corrected chi connectivity index (χ2v) is 4.71. The molecular formula is C13H16ClNO2. The van der Waals surface area contributed by atoms with E-state index in [2.05, 4.69) is 5.32 Å². The molecule has 0 bridgehead atoms. The zero-order chi connectivity index (χ0) is 12.3. The van der Waals surface area contributed by atoms with Crippen LogP contribution in [0.5, 0.6) is 5.75 Å². The molecule has 0 spiro atoms. The zero-order valence-corrected chi connectivity index (χ0v) is 10.5. The number of carbonyl (C=O) groups is 1. The number of ether oxygens (including phenoxy) is 1. The molecule has 0 saturated heterocycles. The van der Waals surface area contributed by atoms with Crippen molar-refractivity contribution in [3.05, 3.63) is 29.8 Å². The Balaban J connectivity index is 1.98. The maximum Gasteiger partial charge on any atom is 0.231 e. The molecule has 2 atom stereocenters. The van der Waals surface area contributed by atoms with Crippen molar-refractivity contribution in [1.29, 1.82) is 0 Å². The molecule has 1 aliphatic heterocycles. The van der Waals surface area contributed by atoms with E-state index in [1.807, 2.05) is 31.2 Å². The lowest BCUT2D eigenvalue weighted by atomic mass is 10.0. The van der Waals surface area contributed by atoms with Gasteiger partial charge < -0.3 is 10.1 Å². The second-order valence-electron chi connectivity index (χ2n) is 4.41. The van der Waals surface area contributed by atoms with Crippen LogP contribution in [-0.2, 0) is 4.79 Å². The van der Waals surface area contributed by atoms with Crippen molar-refractivity contribution in [3.8, 4) is 5.75 Å². The minimum atomic E-state index is -0.186. The summed E-state index contributed by atoms with van der Waals surface area (Å²) in [7, 11) is 0. The van der Waals surface area contributed by atoms with Crippen molar-refractivity contribution in [1.82, 2.24) is 5.32 Å². The highest BCUT2D eigenvalue weighted by Crippen LogP contribution is 2.33. The number of carbonyl (C=O) groups excluding carboxylic acids is 1. The Bertz CT molecular complexity index is 408. The molecule has 0 radical (unpaired) electrons. The Labute approximate surface area is 106 Å². The van der Waals surface area contributed by atoms with Gasteiger partial charge in [-0.2, -0.15) is 0 Å². The lowest BCUT2D eigenvalue weighted by Crippen LogP contribution is -2.33. The van der Waals surface area contributed by atoms with Crippen molar-refractivity contribution in [2.24, 2.45) is 5.92 Å². The lowest BCUT2D eigenvalue weighted by Gasteiger charge is -2.12. The third-order valence-electron chi connectivity index (χ3n) is 2.90. The molecule has 1 aromatic carbocycles. The van der Waals surface area contributed by atoms with Gasteiger partial charge in [0.2, 0.25) is 5.91 Å². The SMILES string of the molecule is CC(CCl)CNC(=O)C1COc2ccccc21. The molecule has 17 heavy (non-hydrogen) atoms. The van der Waals surface area contributed by atoms with E-state index in [4.69, 9.17) is 16.3 Å². The van der Waals surface area contributed by atoms with Crippen LogP contribution in [-0.4, -0.2) is 24.9 Å².